The molecule has 2 rings (SSSR count). The maximum atomic E-state index is 4.51. The van der Waals surface area contributed by atoms with Crippen LogP contribution >= 0.6 is 24.0 Å². The summed E-state index contributed by atoms with van der Waals surface area (Å²) >= 11 is 0. The predicted molar refractivity (Wildman–Crippen MR) is 118 cm³/mol. The lowest BCUT2D eigenvalue weighted by atomic mass is 10.1. The molecule has 1 aliphatic heterocycles. The first-order chi connectivity index (χ1) is 11.7. The van der Waals surface area contributed by atoms with Gasteiger partial charge in [-0.05, 0) is 43.9 Å². The Bertz CT molecular complexity index is 514. The van der Waals surface area contributed by atoms with Crippen LogP contribution in [0.3, 0.4) is 0 Å². The van der Waals surface area contributed by atoms with Crippen molar-refractivity contribution in [1.82, 2.24) is 15.6 Å². The molecular weight excluding hydrogens is 425 g/mol. The van der Waals surface area contributed by atoms with E-state index in [2.05, 4.69) is 51.5 Å². The summed E-state index contributed by atoms with van der Waals surface area (Å²) in [5.74, 6) is 1.97. The Kier molecular flexibility index (Phi) is 10.8. The Morgan fingerprint density at radius 3 is 2.76 bits per heavy atom. The van der Waals surface area contributed by atoms with Gasteiger partial charge in [0.05, 0.1) is 0 Å². The Morgan fingerprint density at radius 2 is 2.08 bits per heavy atom. The smallest absolute Gasteiger partial charge is 0.191 e. The van der Waals surface area contributed by atoms with Gasteiger partial charge >= 0.3 is 0 Å². The molecular formula is C19H34IN5. The number of hydrogen-bond acceptors (Lipinski definition) is 3. The van der Waals surface area contributed by atoms with Crippen molar-refractivity contribution in [2.75, 3.05) is 25.0 Å². The lowest BCUT2D eigenvalue weighted by molar-refractivity contribution is 0.546. The zero-order valence-corrected chi connectivity index (χ0v) is 18.3. The third-order valence-electron chi connectivity index (χ3n) is 4.55. The van der Waals surface area contributed by atoms with Crippen molar-refractivity contribution in [2.24, 2.45) is 4.99 Å². The Hall–Kier alpha value is -1.05. The van der Waals surface area contributed by atoms with Gasteiger partial charge in [-0.3, -0.25) is 4.99 Å². The summed E-state index contributed by atoms with van der Waals surface area (Å²) < 4.78 is 0. The Balaban J connectivity index is 0.00000312. The number of anilines is 1. The van der Waals surface area contributed by atoms with Gasteiger partial charge in [0.15, 0.2) is 5.96 Å². The van der Waals surface area contributed by atoms with E-state index < -0.39 is 0 Å². The topological polar surface area (TPSA) is 52.6 Å². The highest BCUT2D eigenvalue weighted by atomic mass is 127. The SMILES string of the molecule is CCCCCC(C)NC(=NC)NCc1ccnc(N2CCCC2)c1.I. The van der Waals surface area contributed by atoms with Crippen molar-refractivity contribution in [3.05, 3.63) is 23.9 Å². The van der Waals surface area contributed by atoms with E-state index >= 15 is 0 Å². The van der Waals surface area contributed by atoms with Gasteiger partial charge in [0.2, 0.25) is 0 Å². The van der Waals surface area contributed by atoms with Crippen LogP contribution in [-0.2, 0) is 6.54 Å². The number of pyridine rings is 1. The molecule has 1 aliphatic rings. The minimum absolute atomic E-state index is 0. The normalized spacial score (nSPS) is 15.6. The number of nitrogens with zero attached hydrogens (tertiary/aromatic N) is 3. The molecule has 1 unspecified atom stereocenters. The summed E-state index contributed by atoms with van der Waals surface area (Å²) in [5, 5.41) is 6.90. The number of unbranched alkanes of at least 4 members (excludes halogenated alkanes) is 2. The molecule has 0 aromatic carbocycles. The van der Waals surface area contributed by atoms with Gasteiger partial charge in [-0.2, -0.15) is 0 Å². The molecule has 1 fully saturated rings. The monoisotopic (exact) mass is 459 g/mol. The third-order valence-corrected chi connectivity index (χ3v) is 4.55. The predicted octanol–water partition coefficient (Wildman–Crippen LogP) is 3.93. The molecule has 2 heterocycles. The van der Waals surface area contributed by atoms with Crippen molar-refractivity contribution in [1.29, 1.82) is 0 Å². The van der Waals surface area contributed by atoms with E-state index in [1.165, 1.54) is 44.1 Å². The summed E-state index contributed by atoms with van der Waals surface area (Å²) in [4.78, 5) is 11.2. The lowest BCUT2D eigenvalue weighted by Crippen LogP contribution is -2.41. The second-order valence-corrected chi connectivity index (χ2v) is 6.68. The molecule has 0 bridgehead atoms. The molecule has 5 nitrogen and oxygen atoms in total. The summed E-state index contributed by atoms with van der Waals surface area (Å²) in [6, 6.07) is 4.71. The minimum atomic E-state index is 0. The van der Waals surface area contributed by atoms with Crippen LogP contribution in [0.2, 0.25) is 0 Å². The summed E-state index contributed by atoms with van der Waals surface area (Å²) in [7, 11) is 1.83. The third kappa shape index (κ3) is 7.79. The Labute approximate surface area is 170 Å². The molecule has 0 aliphatic carbocycles. The van der Waals surface area contributed by atoms with Crippen LogP contribution < -0.4 is 15.5 Å². The van der Waals surface area contributed by atoms with E-state index in [0.717, 1.165) is 31.4 Å². The molecule has 1 atom stereocenters. The van der Waals surface area contributed by atoms with Crippen LogP contribution in [0.15, 0.2) is 23.3 Å². The molecule has 0 spiro atoms. The first-order valence-electron chi connectivity index (χ1n) is 9.40. The van der Waals surface area contributed by atoms with Crippen molar-refractivity contribution >= 4 is 35.8 Å². The molecule has 0 saturated carbocycles. The average molecular weight is 459 g/mol. The standard InChI is InChI=1S/C19H33N5.HI/c1-4-5-6-9-16(2)23-19(20-3)22-15-17-10-11-21-18(14-17)24-12-7-8-13-24;/h10-11,14,16H,4-9,12-13,15H2,1-3H3,(H2,20,22,23);1H. The van der Waals surface area contributed by atoms with E-state index in [-0.39, 0.29) is 24.0 Å². The lowest BCUT2D eigenvalue weighted by Gasteiger charge is -2.19. The van der Waals surface area contributed by atoms with Gasteiger partial charge in [0.1, 0.15) is 5.82 Å². The van der Waals surface area contributed by atoms with Crippen LogP contribution in [0.4, 0.5) is 5.82 Å². The van der Waals surface area contributed by atoms with Crippen LogP contribution in [0.5, 0.6) is 0 Å². The van der Waals surface area contributed by atoms with E-state index in [4.69, 9.17) is 0 Å². The first kappa shape index (κ1) is 22.0. The van der Waals surface area contributed by atoms with E-state index in [1.54, 1.807) is 0 Å². The number of guanidine groups is 1. The second-order valence-electron chi connectivity index (χ2n) is 6.68. The van der Waals surface area contributed by atoms with Gasteiger partial charge in [-0.25, -0.2) is 4.98 Å². The molecule has 1 aromatic rings. The van der Waals surface area contributed by atoms with Gasteiger partial charge in [0.25, 0.3) is 0 Å². The van der Waals surface area contributed by atoms with Crippen LogP contribution in [0.1, 0.15) is 57.9 Å². The van der Waals surface area contributed by atoms with E-state index in [0.29, 0.717) is 6.04 Å². The summed E-state index contributed by atoms with van der Waals surface area (Å²) in [6.45, 7) is 7.49. The molecule has 142 valence electrons. The van der Waals surface area contributed by atoms with Gasteiger partial charge in [-0.15, -0.1) is 24.0 Å². The van der Waals surface area contributed by atoms with Gasteiger partial charge in [0, 0.05) is 38.9 Å². The van der Waals surface area contributed by atoms with Gasteiger partial charge in [-0.1, -0.05) is 26.2 Å². The fraction of sp³-hybridized carbons (Fsp3) is 0.684. The Morgan fingerprint density at radius 1 is 1.32 bits per heavy atom. The summed E-state index contributed by atoms with van der Waals surface area (Å²) in [6.07, 6.45) is 9.48. The number of aromatic nitrogens is 1. The molecule has 0 amide bonds. The largest absolute Gasteiger partial charge is 0.357 e. The maximum absolute atomic E-state index is 4.51. The van der Waals surface area contributed by atoms with Crippen molar-refractivity contribution in [3.63, 3.8) is 0 Å². The maximum Gasteiger partial charge on any atom is 0.191 e. The number of aliphatic imine (C=N–C) groups is 1. The van der Waals surface area contributed by atoms with Crippen molar-refractivity contribution < 1.29 is 0 Å². The van der Waals surface area contributed by atoms with Crippen LogP contribution in [0.25, 0.3) is 0 Å². The number of halogens is 1. The fourth-order valence-corrected chi connectivity index (χ4v) is 3.08. The number of hydrogen-bond donors (Lipinski definition) is 2. The second kappa shape index (κ2) is 12.3. The fourth-order valence-electron chi connectivity index (χ4n) is 3.08. The zero-order valence-electron chi connectivity index (χ0n) is 15.9. The van der Waals surface area contributed by atoms with E-state index in [1.807, 2.05) is 13.2 Å². The molecule has 2 N–H and O–H groups in total. The van der Waals surface area contributed by atoms with E-state index in [9.17, 15) is 0 Å². The first-order valence-corrected chi connectivity index (χ1v) is 9.40. The van der Waals surface area contributed by atoms with Crippen LogP contribution in [0, 0.1) is 0 Å². The van der Waals surface area contributed by atoms with Crippen molar-refractivity contribution in [2.45, 2.75) is 65.0 Å². The number of rotatable bonds is 8. The highest BCUT2D eigenvalue weighted by Gasteiger charge is 2.13. The molecule has 6 heteroatoms. The zero-order chi connectivity index (χ0) is 17.2. The summed E-state index contributed by atoms with van der Waals surface area (Å²) in [5.41, 5.74) is 1.24. The molecule has 1 aromatic heterocycles. The average Bonchev–Trinajstić information content (AvgIpc) is 3.14. The highest BCUT2D eigenvalue weighted by molar-refractivity contribution is 14.0. The van der Waals surface area contributed by atoms with Gasteiger partial charge < -0.3 is 15.5 Å². The molecule has 0 radical (unpaired) electrons. The quantitative estimate of drug-likeness (QED) is 0.268. The number of nitrogens with one attached hydrogen (secondary N) is 2. The molecule has 25 heavy (non-hydrogen) atoms. The minimum Gasteiger partial charge on any atom is -0.357 e. The molecule has 1 saturated heterocycles. The highest BCUT2D eigenvalue weighted by Crippen LogP contribution is 2.18. The van der Waals surface area contributed by atoms with Crippen LogP contribution in [-0.4, -0.2) is 37.1 Å². The van der Waals surface area contributed by atoms with Crippen molar-refractivity contribution in [3.8, 4) is 0 Å².